The molecule has 0 radical (unpaired) electrons. The standard InChI is InChI=1S/C18H17F3N2O3/c1-12-2-8-15(9-3-12)26-11-17(25)22-10-16(24)23-14-6-4-13(5-7-14)18(19,20)21/h2-9H,10-11H2,1H3,(H,22,25)(H,23,24). The average molecular weight is 366 g/mol. The first-order valence-corrected chi connectivity index (χ1v) is 7.67. The fourth-order valence-corrected chi connectivity index (χ4v) is 1.96. The van der Waals surface area contributed by atoms with Gasteiger partial charge in [0.1, 0.15) is 5.75 Å². The number of amides is 2. The lowest BCUT2D eigenvalue weighted by atomic mass is 10.2. The largest absolute Gasteiger partial charge is 0.484 e. The van der Waals surface area contributed by atoms with Crippen LogP contribution in [-0.2, 0) is 15.8 Å². The Morgan fingerprint density at radius 1 is 0.962 bits per heavy atom. The van der Waals surface area contributed by atoms with Crippen LogP contribution in [-0.4, -0.2) is 25.0 Å². The van der Waals surface area contributed by atoms with E-state index in [0.29, 0.717) is 5.75 Å². The van der Waals surface area contributed by atoms with Crippen LogP contribution in [0.2, 0.25) is 0 Å². The lowest BCUT2D eigenvalue weighted by Gasteiger charge is -2.10. The average Bonchev–Trinajstić information content (AvgIpc) is 2.59. The van der Waals surface area contributed by atoms with Gasteiger partial charge in [-0.1, -0.05) is 17.7 Å². The molecule has 0 aliphatic rings. The topological polar surface area (TPSA) is 67.4 Å². The van der Waals surface area contributed by atoms with E-state index in [1.165, 1.54) is 0 Å². The van der Waals surface area contributed by atoms with E-state index in [4.69, 9.17) is 4.74 Å². The van der Waals surface area contributed by atoms with Crippen molar-refractivity contribution in [2.75, 3.05) is 18.5 Å². The maximum Gasteiger partial charge on any atom is 0.416 e. The second-order valence-corrected chi connectivity index (χ2v) is 5.50. The number of benzene rings is 2. The maximum absolute atomic E-state index is 12.5. The molecule has 0 atom stereocenters. The van der Waals surface area contributed by atoms with E-state index in [2.05, 4.69) is 10.6 Å². The number of rotatable bonds is 6. The molecule has 2 N–H and O–H groups in total. The summed E-state index contributed by atoms with van der Waals surface area (Å²) in [6, 6.07) is 11.1. The highest BCUT2D eigenvalue weighted by Crippen LogP contribution is 2.29. The number of ether oxygens (including phenoxy) is 1. The number of halogens is 3. The Morgan fingerprint density at radius 2 is 1.58 bits per heavy atom. The molecule has 0 spiro atoms. The van der Waals surface area contributed by atoms with E-state index in [1.807, 2.05) is 19.1 Å². The normalized spacial score (nSPS) is 10.9. The molecule has 0 heterocycles. The Bertz CT molecular complexity index is 757. The molecule has 8 heteroatoms. The van der Waals surface area contributed by atoms with Crippen LogP contribution in [0.3, 0.4) is 0 Å². The number of anilines is 1. The van der Waals surface area contributed by atoms with Gasteiger partial charge in [0.05, 0.1) is 12.1 Å². The fourth-order valence-electron chi connectivity index (χ4n) is 1.96. The van der Waals surface area contributed by atoms with Gasteiger partial charge in [0.15, 0.2) is 6.61 Å². The van der Waals surface area contributed by atoms with Gasteiger partial charge in [-0.05, 0) is 43.3 Å². The number of hydrogen-bond acceptors (Lipinski definition) is 3. The number of nitrogens with one attached hydrogen (secondary N) is 2. The van der Waals surface area contributed by atoms with E-state index in [9.17, 15) is 22.8 Å². The number of aryl methyl sites for hydroxylation is 1. The number of hydrogen-bond donors (Lipinski definition) is 2. The molecule has 0 aliphatic carbocycles. The Kier molecular flexibility index (Phi) is 6.21. The maximum atomic E-state index is 12.5. The van der Waals surface area contributed by atoms with Crippen molar-refractivity contribution >= 4 is 17.5 Å². The SMILES string of the molecule is Cc1ccc(OCC(=O)NCC(=O)Nc2ccc(C(F)(F)F)cc2)cc1. The van der Waals surface area contributed by atoms with E-state index >= 15 is 0 Å². The van der Waals surface area contributed by atoms with Gasteiger partial charge < -0.3 is 15.4 Å². The molecule has 0 saturated carbocycles. The molecule has 2 amide bonds. The minimum Gasteiger partial charge on any atom is -0.484 e. The molecular formula is C18H17F3N2O3. The first-order valence-electron chi connectivity index (χ1n) is 7.67. The van der Waals surface area contributed by atoms with E-state index in [-0.39, 0.29) is 18.8 Å². The van der Waals surface area contributed by atoms with Crippen molar-refractivity contribution in [2.45, 2.75) is 13.1 Å². The molecule has 0 bridgehead atoms. The minimum absolute atomic E-state index is 0.202. The third-order valence-corrected chi connectivity index (χ3v) is 3.33. The number of carbonyl (C=O) groups excluding carboxylic acids is 2. The summed E-state index contributed by atoms with van der Waals surface area (Å²) in [6.07, 6.45) is -4.44. The van der Waals surface area contributed by atoms with Crippen LogP contribution in [0.4, 0.5) is 18.9 Å². The predicted molar refractivity (Wildman–Crippen MR) is 89.8 cm³/mol. The molecule has 2 aromatic rings. The van der Waals surface area contributed by atoms with Crippen molar-refractivity contribution in [3.05, 3.63) is 59.7 Å². The summed E-state index contributed by atoms with van der Waals surface area (Å²) in [5, 5.41) is 4.76. The molecule has 2 aromatic carbocycles. The van der Waals surface area contributed by atoms with Crippen molar-refractivity contribution in [2.24, 2.45) is 0 Å². The first-order chi connectivity index (χ1) is 12.2. The van der Waals surface area contributed by atoms with Crippen LogP contribution in [0.25, 0.3) is 0 Å². The summed E-state index contributed by atoms with van der Waals surface area (Å²) in [7, 11) is 0. The van der Waals surface area contributed by atoms with Gasteiger partial charge >= 0.3 is 6.18 Å². The molecule has 0 unspecified atom stereocenters. The van der Waals surface area contributed by atoms with Gasteiger partial charge in [0.2, 0.25) is 5.91 Å². The van der Waals surface area contributed by atoms with E-state index < -0.39 is 23.6 Å². The van der Waals surface area contributed by atoms with Gasteiger partial charge in [0, 0.05) is 5.69 Å². The second-order valence-electron chi connectivity index (χ2n) is 5.50. The molecule has 0 saturated heterocycles. The molecular weight excluding hydrogens is 349 g/mol. The summed E-state index contributed by atoms with van der Waals surface area (Å²) < 4.78 is 42.6. The first kappa shape index (κ1) is 19.3. The predicted octanol–water partition coefficient (Wildman–Crippen LogP) is 3.15. The molecule has 0 fully saturated rings. The van der Waals surface area contributed by atoms with Gasteiger partial charge in [-0.3, -0.25) is 9.59 Å². The van der Waals surface area contributed by atoms with Crippen LogP contribution in [0, 0.1) is 6.92 Å². The van der Waals surface area contributed by atoms with Crippen molar-refractivity contribution in [3.8, 4) is 5.75 Å². The highest BCUT2D eigenvalue weighted by molar-refractivity contribution is 5.94. The van der Waals surface area contributed by atoms with E-state index in [1.54, 1.807) is 12.1 Å². The van der Waals surface area contributed by atoms with Crippen LogP contribution in [0.5, 0.6) is 5.75 Å². The monoisotopic (exact) mass is 366 g/mol. The second kappa shape index (κ2) is 8.37. The van der Waals surface area contributed by atoms with Crippen molar-refractivity contribution in [1.29, 1.82) is 0 Å². The third-order valence-electron chi connectivity index (χ3n) is 3.33. The molecule has 5 nitrogen and oxygen atoms in total. The molecule has 26 heavy (non-hydrogen) atoms. The summed E-state index contributed by atoms with van der Waals surface area (Å²) >= 11 is 0. The summed E-state index contributed by atoms with van der Waals surface area (Å²) in [4.78, 5) is 23.4. The van der Waals surface area contributed by atoms with Crippen LogP contribution in [0.1, 0.15) is 11.1 Å². The van der Waals surface area contributed by atoms with Gasteiger partial charge in [-0.15, -0.1) is 0 Å². The molecule has 2 rings (SSSR count). The highest BCUT2D eigenvalue weighted by Gasteiger charge is 2.29. The summed E-state index contributed by atoms with van der Waals surface area (Å²) in [6.45, 7) is 1.35. The number of alkyl halides is 3. The van der Waals surface area contributed by atoms with Gasteiger partial charge in [0.25, 0.3) is 5.91 Å². The Labute approximate surface area is 148 Å². The van der Waals surface area contributed by atoms with Crippen molar-refractivity contribution in [1.82, 2.24) is 5.32 Å². The number of carbonyl (C=O) groups is 2. The zero-order chi connectivity index (χ0) is 19.2. The lowest BCUT2D eigenvalue weighted by Crippen LogP contribution is -2.35. The summed E-state index contributed by atoms with van der Waals surface area (Å²) in [5.74, 6) is -0.526. The van der Waals surface area contributed by atoms with Crippen molar-refractivity contribution < 1.29 is 27.5 Å². The fraction of sp³-hybridized carbons (Fsp3) is 0.222. The lowest BCUT2D eigenvalue weighted by molar-refractivity contribution is -0.137. The highest BCUT2D eigenvalue weighted by atomic mass is 19.4. The molecule has 138 valence electrons. The molecule has 0 aromatic heterocycles. The van der Waals surface area contributed by atoms with Crippen LogP contribution >= 0.6 is 0 Å². The Morgan fingerprint density at radius 3 is 2.15 bits per heavy atom. The minimum atomic E-state index is -4.44. The Balaban J connectivity index is 1.74. The van der Waals surface area contributed by atoms with Crippen LogP contribution in [0.15, 0.2) is 48.5 Å². The summed E-state index contributed by atoms with van der Waals surface area (Å²) in [5.41, 5.74) is 0.451. The van der Waals surface area contributed by atoms with E-state index in [0.717, 1.165) is 29.8 Å². The van der Waals surface area contributed by atoms with Crippen LogP contribution < -0.4 is 15.4 Å². The van der Waals surface area contributed by atoms with Crippen molar-refractivity contribution in [3.63, 3.8) is 0 Å². The third kappa shape index (κ3) is 6.12. The van der Waals surface area contributed by atoms with Gasteiger partial charge in [-0.25, -0.2) is 0 Å². The zero-order valence-corrected chi connectivity index (χ0v) is 13.9. The molecule has 0 aliphatic heterocycles. The zero-order valence-electron chi connectivity index (χ0n) is 13.9. The Hall–Kier alpha value is -3.03. The van der Waals surface area contributed by atoms with Gasteiger partial charge in [-0.2, -0.15) is 13.2 Å². The quantitative estimate of drug-likeness (QED) is 0.825. The smallest absolute Gasteiger partial charge is 0.416 e.